The Labute approximate surface area is 93.8 Å². The summed E-state index contributed by atoms with van der Waals surface area (Å²) in [6.07, 6.45) is 0.795. The fourth-order valence-corrected chi connectivity index (χ4v) is 1.88. The quantitative estimate of drug-likeness (QED) is 0.717. The van der Waals surface area contributed by atoms with E-state index >= 15 is 0 Å². The Bertz CT molecular complexity index is 419. The second kappa shape index (κ2) is 4.12. The zero-order chi connectivity index (χ0) is 11.7. The van der Waals surface area contributed by atoms with Crippen LogP contribution in [-0.4, -0.2) is 25.7 Å². The Morgan fingerprint density at radius 1 is 1.56 bits per heavy atom. The molecule has 0 spiro atoms. The zero-order valence-corrected chi connectivity index (χ0v) is 9.37. The molecular formula is C12H14FNO2. The highest BCUT2D eigenvalue weighted by Crippen LogP contribution is 2.28. The van der Waals surface area contributed by atoms with E-state index in [9.17, 15) is 9.18 Å². The van der Waals surface area contributed by atoms with Crippen molar-refractivity contribution in [3.8, 4) is 0 Å². The van der Waals surface area contributed by atoms with Crippen LogP contribution in [0.25, 0.3) is 0 Å². The number of carbonyl (C=O) groups is 1. The molecule has 2 rings (SSSR count). The summed E-state index contributed by atoms with van der Waals surface area (Å²) in [6.45, 7) is 2.52. The molecule has 0 saturated carbocycles. The Hall–Kier alpha value is -1.58. The molecular weight excluding hydrogens is 209 g/mol. The molecule has 4 heteroatoms. The highest BCUT2D eigenvalue weighted by atomic mass is 19.1. The van der Waals surface area contributed by atoms with E-state index in [1.807, 2.05) is 4.90 Å². The van der Waals surface area contributed by atoms with Gasteiger partial charge in [0.25, 0.3) is 0 Å². The number of benzene rings is 1. The molecule has 86 valence electrons. The fraction of sp³-hybridized carbons (Fsp3) is 0.417. The highest BCUT2D eigenvalue weighted by Gasteiger charge is 2.35. The number of ether oxygens (including phenoxy) is 1. The highest BCUT2D eigenvalue weighted by molar-refractivity contribution is 5.82. The molecule has 0 aromatic heterocycles. The lowest BCUT2D eigenvalue weighted by molar-refractivity contribution is -0.143. The molecule has 0 N–H and O–H groups in total. The van der Waals surface area contributed by atoms with Crippen LogP contribution in [0.5, 0.6) is 0 Å². The summed E-state index contributed by atoms with van der Waals surface area (Å²) in [5, 5.41) is 0. The smallest absolute Gasteiger partial charge is 0.328 e. The third-order valence-electron chi connectivity index (χ3n) is 2.97. The van der Waals surface area contributed by atoms with Crippen molar-refractivity contribution in [2.75, 3.05) is 18.6 Å². The number of hydrogen-bond donors (Lipinski definition) is 0. The van der Waals surface area contributed by atoms with E-state index in [-0.39, 0.29) is 17.8 Å². The summed E-state index contributed by atoms with van der Waals surface area (Å²) in [4.78, 5) is 13.3. The minimum absolute atomic E-state index is 0.213. The maximum absolute atomic E-state index is 13.1. The zero-order valence-electron chi connectivity index (χ0n) is 9.37. The molecule has 1 unspecified atom stereocenters. The first-order valence-electron chi connectivity index (χ1n) is 5.24. The van der Waals surface area contributed by atoms with E-state index in [0.717, 1.165) is 18.7 Å². The Morgan fingerprint density at radius 2 is 2.31 bits per heavy atom. The second-order valence-corrected chi connectivity index (χ2v) is 3.95. The summed E-state index contributed by atoms with van der Waals surface area (Å²) in [6, 6.07) is 4.66. The standard InChI is InChI=1S/C12H14FNO2/c1-8-7-9(3-4-10(8)13)14-6-5-11(14)12(15)16-2/h3-4,7,11H,5-6H2,1-2H3. The van der Waals surface area contributed by atoms with Crippen molar-refractivity contribution in [3.63, 3.8) is 0 Å². The lowest BCUT2D eigenvalue weighted by Gasteiger charge is -2.40. The van der Waals surface area contributed by atoms with Crippen LogP contribution in [0.15, 0.2) is 18.2 Å². The number of anilines is 1. The minimum atomic E-state index is -0.228. The van der Waals surface area contributed by atoms with Gasteiger partial charge in [0.1, 0.15) is 11.9 Å². The number of rotatable bonds is 2. The third-order valence-corrected chi connectivity index (χ3v) is 2.97. The van der Waals surface area contributed by atoms with Crippen molar-refractivity contribution in [2.24, 2.45) is 0 Å². The Balaban J connectivity index is 2.19. The van der Waals surface area contributed by atoms with Gasteiger partial charge in [-0.1, -0.05) is 0 Å². The summed E-state index contributed by atoms with van der Waals surface area (Å²) in [5.41, 5.74) is 1.47. The maximum Gasteiger partial charge on any atom is 0.328 e. The third kappa shape index (κ3) is 1.75. The number of esters is 1. The predicted octanol–water partition coefficient (Wildman–Crippen LogP) is 1.89. The first-order chi connectivity index (χ1) is 7.63. The van der Waals surface area contributed by atoms with Crippen LogP contribution in [0, 0.1) is 12.7 Å². The summed E-state index contributed by atoms with van der Waals surface area (Å²) < 4.78 is 17.8. The summed E-state index contributed by atoms with van der Waals surface area (Å²) in [5.74, 6) is -0.452. The molecule has 1 atom stereocenters. The van der Waals surface area contributed by atoms with Crippen molar-refractivity contribution in [3.05, 3.63) is 29.6 Å². The Morgan fingerprint density at radius 3 is 2.81 bits per heavy atom. The van der Waals surface area contributed by atoms with Gasteiger partial charge in [-0.15, -0.1) is 0 Å². The van der Waals surface area contributed by atoms with Gasteiger partial charge in [-0.05, 0) is 37.1 Å². The topological polar surface area (TPSA) is 29.5 Å². The SMILES string of the molecule is COC(=O)C1CCN1c1ccc(F)c(C)c1. The van der Waals surface area contributed by atoms with Gasteiger partial charge >= 0.3 is 5.97 Å². The van der Waals surface area contributed by atoms with E-state index in [2.05, 4.69) is 0 Å². The van der Waals surface area contributed by atoms with Crippen LogP contribution >= 0.6 is 0 Å². The van der Waals surface area contributed by atoms with Gasteiger partial charge in [0, 0.05) is 12.2 Å². The molecule has 0 radical (unpaired) electrons. The van der Waals surface area contributed by atoms with Crippen LogP contribution in [0.2, 0.25) is 0 Å². The van der Waals surface area contributed by atoms with Crippen molar-refractivity contribution >= 4 is 11.7 Å². The average Bonchev–Trinajstić information content (AvgIpc) is 2.21. The first kappa shape index (κ1) is 10.9. The van der Waals surface area contributed by atoms with Crippen molar-refractivity contribution in [2.45, 2.75) is 19.4 Å². The molecule has 0 amide bonds. The molecule has 1 aromatic carbocycles. The van der Waals surface area contributed by atoms with Crippen LogP contribution in [0.4, 0.5) is 10.1 Å². The molecule has 1 aliphatic rings. The van der Waals surface area contributed by atoms with E-state index in [1.165, 1.54) is 13.2 Å². The normalized spacial score (nSPS) is 19.2. The number of nitrogens with zero attached hydrogens (tertiary/aromatic N) is 1. The molecule has 1 aliphatic heterocycles. The lowest BCUT2D eigenvalue weighted by Crippen LogP contribution is -2.53. The van der Waals surface area contributed by atoms with Crippen LogP contribution in [-0.2, 0) is 9.53 Å². The second-order valence-electron chi connectivity index (χ2n) is 3.95. The molecule has 1 aromatic rings. The summed E-state index contributed by atoms with van der Waals surface area (Å²) in [7, 11) is 1.38. The average molecular weight is 223 g/mol. The van der Waals surface area contributed by atoms with Crippen LogP contribution < -0.4 is 4.90 Å². The van der Waals surface area contributed by atoms with E-state index in [1.54, 1.807) is 19.1 Å². The number of methoxy groups -OCH3 is 1. The Kier molecular flexibility index (Phi) is 2.81. The number of halogens is 1. The van der Waals surface area contributed by atoms with Crippen molar-refractivity contribution < 1.29 is 13.9 Å². The van der Waals surface area contributed by atoms with E-state index in [4.69, 9.17) is 4.74 Å². The number of carbonyl (C=O) groups excluding carboxylic acids is 1. The van der Waals surface area contributed by atoms with Gasteiger partial charge < -0.3 is 9.64 Å². The van der Waals surface area contributed by atoms with Gasteiger partial charge in [-0.25, -0.2) is 9.18 Å². The lowest BCUT2D eigenvalue weighted by atomic mass is 10.0. The first-order valence-corrected chi connectivity index (χ1v) is 5.24. The van der Waals surface area contributed by atoms with Crippen molar-refractivity contribution in [1.29, 1.82) is 0 Å². The van der Waals surface area contributed by atoms with Crippen molar-refractivity contribution in [1.82, 2.24) is 0 Å². The van der Waals surface area contributed by atoms with Crippen LogP contribution in [0.1, 0.15) is 12.0 Å². The monoisotopic (exact) mass is 223 g/mol. The van der Waals surface area contributed by atoms with E-state index < -0.39 is 0 Å². The molecule has 1 heterocycles. The largest absolute Gasteiger partial charge is 0.467 e. The summed E-state index contributed by atoms with van der Waals surface area (Å²) >= 11 is 0. The molecule has 3 nitrogen and oxygen atoms in total. The van der Waals surface area contributed by atoms with Crippen LogP contribution in [0.3, 0.4) is 0 Å². The number of hydrogen-bond acceptors (Lipinski definition) is 3. The molecule has 0 bridgehead atoms. The fourth-order valence-electron chi connectivity index (χ4n) is 1.88. The van der Waals surface area contributed by atoms with Gasteiger partial charge in [0.2, 0.25) is 0 Å². The molecule has 16 heavy (non-hydrogen) atoms. The van der Waals surface area contributed by atoms with E-state index in [0.29, 0.717) is 5.56 Å². The van der Waals surface area contributed by atoms with Gasteiger partial charge in [0.15, 0.2) is 0 Å². The minimum Gasteiger partial charge on any atom is -0.467 e. The predicted molar refractivity (Wildman–Crippen MR) is 58.9 cm³/mol. The van der Waals surface area contributed by atoms with Gasteiger partial charge in [-0.2, -0.15) is 0 Å². The van der Waals surface area contributed by atoms with Gasteiger partial charge in [-0.3, -0.25) is 0 Å². The molecule has 1 saturated heterocycles. The number of aryl methyl sites for hydroxylation is 1. The maximum atomic E-state index is 13.1. The van der Waals surface area contributed by atoms with Gasteiger partial charge in [0.05, 0.1) is 7.11 Å². The molecule has 1 fully saturated rings. The molecule has 0 aliphatic carbocycles.